The second-order valence-corrected chi connectivity index (χ2v) is 6.22. The van der Waals surface area contributed by atoms with Gasteiger partial charge in [0.05, 0.1) is 14.2 Å². The smallest absolute Gasteiger partial charge is 0.331 e. The number of amides is 1. The molecule has 3 rings (SSSR count). The van der Waals surface area contributed by atoms with Gasteiger partial charge >= 0.3 is 5.97 Å². The van der Waals surface area contributed by atoms with E-state index < -0.39 is 24.5 Å². The Kier molecular flexibility index (Phi) is 6.93. The van der Waals surface area contributed by atoms with Crippen LogP contribution in [-0.2, 0) is 20.7 Å². The summed E-state index contributed by atoms with van der Waals surface area (Å²) in [4.78, 5) is 24.9. The highest BCUT2D eigenvalue weighted by Crippen LogP contribution is 2.29. The third-order valence-corrected chi connectivity index (χ3v) is 4.24. The number of ether oxygens (including phenoxy) is 3. The molecule has 10 heteroatoms. The SMILES string of the molecule is COc1ccc(NC(=O)COC(=O)[C@H](Cc2ccccc2)n2cnnn2)cc1OC. The average molecular weight is 411 g/mol. The molecule has 0 saturated heterocycles. The summed E-state index contributed by atoms with van der Waals surface area (Å²) < 4.78 is 16.9. The summed E-state index contributed by atoms with van der Waals surface area (Å²) in [5, 5.41) is 13.6. The van der Waals surface area contributed by atoms with Gasteiger partial charge in [-0.05, 0) is 28.1 Å². The molecule has 1 N–H and O–H groups in total. The van der Waals surface area contributed by atoms with Gasteiger partial charge in [-0.3, -0.25) is 4.79 Å². The van der Waals surface area contributed by atoms with Crippen molar-refractivity contribution in [3.63, 3.8) is 0 Å². The molecule has 156 valence electrons. The zero-order valence-corrected chi connectivity index (χ0v) is 16.5. The van der Waals surface area contributed by atoms with E-state index >= 15 is 0 Å². The summed E-state index contributed by atoms with van der Waals surface area (Å²) in [6.45, 7) is -0.458. The monoisotopic (exact) mass is 411 g/mol. The molecule has 0 aliphatic heterocycles. The van der Waals surface area contributed by atoms with Crippen molar-refractivity contribution in [1.82, 2.24) is 20.2 Å². The standard InChI is InChI=1S/C20H21N5O5/c1-28-17-9-8-15(11-18(17)29-2)22-19(26)12-30-20(27)16(25-13-21-23-24-25)10-14-6-4-3-5-7-14/h3-9,11,13,16H,10,12H2,1-2H3,(H,22,26)/t16-/m0/s1. The van der Waals surface area contributed by atoms with Crippen LogP contribution in [0.1, 0.15) is 11.6 Å². The van der Waals surface area contributed by atoms with Crippen LogP contribution in [0.4, 0.5) is 5.69 Å². The Morgan fingerprint density at radius 3 is 2.50 bits per heavy atom. The van der Waals surface area contributed by atoms with Gasteiger partial charge in [-0.15, -0.1) is 5.10 Å². The van der Waals surface area contributed by atoms with E-state index in [1.807, 2.05) is 30.3 Å². The molecule has 0 aliphatic rings. The minimum Gasteiger partial charge on any atom is -0.493 e. The number of hydrogen-bond acceptors (Lipinski definition) is 8. The van der Waals surface area contributed by atoms with Gasteiger partial charge in [0.25, 0.3) is 5.91 Å². The Morgan fingerprint density at radius 2 is 1.83 bits per heavy atom. The van der Waals surface area contributed by atoms with Crippen LogP contribution in [0, 0.1) is 0 Å². The number of carbonyl (C=O) groups excluding carboxylic acids is 2. The minimum absolute atomic E-state index is 0.321. The number of hydrogen-bond donors (Lipinski definition) is 1. The highest BCUT2D eigenvalue weighted by Gasteiger charge is 2.24. The Labute approximate surface area is 172 Å². The molecule has 1 atom stereocenters. The Balaban J connectivity index is 1.61. The van der Waals surface area contributed by atoms with Gasteiger partial charge in [-0.1, -0.05) is 30.3 Å². The van der Waals surface area contributed by atoms with Crippen LogP contribution in [0.25, 0.3) is 0 Å². The molecule has 1 heterocycles. The van der Waals surface area contributed by atoms with Gasteiger partial charge in [-0.25, -0.2) is 9.48 Å². The Morgan fingerprint density at radius 1 is 1.07 bits per heavy atom. The minimum atomic E-state index is -0.795. The lowest BCUT2D eigenvalue weighted by molar-refractivity contribution is -0.151. The maximum atomic E-state index is 12.6. The van der Waals surface area contributed by atoms with E-state index in [9.17, 15) is 9.59 Å². The third kappa shape index (κ3) is 5.31. The molecule has 2 aromatic carbocycles. The predicted octanol–water partition coefficient (Wildman–Crippen LogP) is 1.66. The lowest BCUT2D eigenvalue weighted by Crippen LogP contribution is -2.28. The van der Waals surface area contributed by atoms with E-state index in [0.717, 1.165) is 5.56 Å². The number of nitrogens with one attached hydrogen (secondary N) is 1. The highest BCUT2D eigenvalue weighted by atomic mass is 16.5. The van der Waals surface area contributed by atoms with E-state index in [-0.39, 0.29) is 0 Å². The van der Waals surface area contributed by atoms with Gasteiger partial charge in [0.2, 0.25) is 0 Å². The van der Waals surface area contributed by atoms with Crippen LogP contribution >= 0.6 is 0 Å². The van der Waals surface area contributed by atoms with Crippen molar-refractivity contribution in [1.29, 1.82) is 0 Å². The molecule has 0 spiro atoms. The van der Waals surface area contributed by atoms with Crippen molar-refractivity contribution in [2.45, 2.75) is 12.5 Å². The van der Waals surface area contributed by atoms with Crippen LogP contribution in [0.2, 0.25) is 0 Å². The summed E-state index contributed by atoms with van der Waals surface area (Å²) in [5.74, 6) is -0.111. The topological polar surface area (TPSA) is 117 Å². The van der Waals surface area contributed by atoms with E-state index in [4.69, 9.17) is 14.2 Å². The first-order chi connectivity index (χ1) is 14.6. The maximum absolute atomic E-state index is 12.6. The van der Waals surface area contributed by atoms with Crippen molar-refractivity contribution in [3.05, 3.63) is 60.4 Å². The lowest BCUT2D eigenvalue weighted by Gasteiger charge is -2.15. The van der Waals surface area contributed by atoms with Gasteiger partial charge in [0.15, 0.2) is 24.1 Å². The van der Waals surface area contributed by atoms with Gasteiger partial charge < -0.3 is 19.5 Å². The molecule has 10 nitrogen and oxygen atoms in total. The van der Waals surface area contributed by atoms with Gasteiger partial charge in [0.1, 0.15) is 6.33 Å². The molecule has 1 aromatic heterocycles. The molecular weight excluding hydrogens is 390 g/mol. The number of methoxy groups -OCH3 is 2. The quantitative estimate of drug-likeness (QED) is 0.528. The second-order valence-electron chi connectivity index (χ2n) is 6.22. The number of rotatable bonds is 9. The van der Waals surface area contributed by atoms with E-state index in [0.29, 0.717) is 23.6 Å². The number of aromatic nitrogens is 4. The highest BCUT2D eigenvalue weighted by molar-refractivity contribution is 5.93. The number of tetrazole rings is 1. The van der Waals surface area contributed by atoms with E-state index in [1.54, 1.807) is 18.2 Å². The molecule has 1 amide bonds. The largest absolute Gasteiger partial charge is 0.493 e. The van der Waals surface area contributed by atoms with Gasteiger partial charge in [0, 0.05) is 18.2 Å². The van der Waals surface area contributed by atoms with Crippen LogP contribution in [0.15, 0.2) is 54.9 Å². The summed E-state index contributed by atoms with van der Waals surface area (Å²) in [7, 11) is 3.02. The van der Waals surface area contributed by atoms with Crippen LogP contribution < -0.4 is 14.8 Å². The van der Waals surface area contributed by atoms with Crippen LogP contribution in [0.5, 0.6) is 11.5 Å². The summed E-state index contributed by atoms with van der Waals surface area (Å²) >= 11 is 0. The Hall–Kier alpha value is -3.95. The molecule has 0 fully saturated rings. The zero-order chi connectivity index (χ0) is 21.3. The van der Waals surface area contributed by atoms with Crippen molar-refractivity contribution >= 4 is 17.6 Å². The van der Waals surface area contributed by atoms with Crippen LogP contribution in [0.3, 0.4) is 0 Å². The molecule has 0 aliphatic carbocycles. The predicted molar refractivity (Wildman–Crippen MR) is 106 cm³/mol. The van der Waals surface area contributed by atoms with Crippen LogP contribution in [-0.4, -0.2) is 52.9 Å². The summed E-state index contributed by atoms with van der Waals surface area (Å²) in [6, 6.07) is 13.5. The lowest BCUT2D eigenvalue weighted by atomic mass is 10.1. The number of carbonyl (C=O) groups is 2. The van der Waals surface area contributed by atoms with Gasteiger partial charge in [-0.2, -0.15) is 0 Å². The number of nitrogens with zero attached hydrogens (tertiary/aromatic N) is 4. The Bertz CT molecular complexity index is 979. The fraction of sp³-hybridized carbons (Fsp3) is 0.250. The fourth-order valence-electron chi connectivity index (χ4n) is 2.78. The number of benzene rings is 2. The average Bonchev–Trinajstić information content (AvgIpc) is 3.31. The zero-order valence-electron chi connectivity index (χ0n) is 16.5. The van der Waals surface area contributed by atoms with E-state index in [2.05, 4.69) is 20.8 Å². The first kappa shape index (κ1) is 20.8. The first-order valence-electron chi connectivity index (χ1n) is 9.05. The molecule has 0 unspecified atom stereocenters. The van der Waals surface area contributed by atoms with Crippen molar-refractivity contribution in [2.24, 2.45) is 0 Å². The molecule has 30 heavy (non-hydrogen) atoms. The number of anilines is 1. The van der Waals surface area contributed by atoms with Crippen molar-refractivity contribution < 1.29 is 23.8 Å². The summed E-state index contributed by atoms with van der Waals surface area (Å²) in [6.07, 6.45) is 1.65. The summed E-state index contributed by atoms with van der Waals surface area (Å²) in [5.41, 5.74) is 1.39. The third-order valence-electron chi connectivity index (χ3n) is 4.24. The van der Waals surface area contributed by atoms with E-state index in [1.165, 1.54) is 25.2 Å². The number of esters is 1. The molecule has 0 saturated carbocycles. The maximum Gasteiger partial charge on any atom is 0.331 e. The molecular formula is C20H21N5O5. The molecule has 0 radical (unpaired) electrons. The normalized spacial score (nSPS) is 11.4. The van der Waals surface area contributed by atoms with Crippen molar-refractivity contribution in [3.8, 4) is 11.5 Å². The second kappa shape index (κ2) is 10.0. The first-order valence-corrected chi connectivity index (χ1v) is 9.05. The molecule has 0 bridgehead atoms. The molecule has 3 aromatic rings. The fourth-order valence-corrected chi connectivity index (χ4v) is 2.78. The van der Waals surface area contributed by atoms with Crippen molar-refractivity contribution in [2.75, 3.05) is 26.1 Å².